The Labute approximate surface area is 129 Å². The average molecular weight is 328 g/mol. The molecule has 122 valence electrons. The first kappa shape index (κ1) is 15.4. The molecule has 9 heteroatoms. The summed E-state index contributed by atoms with van der Waals surface area (Å²) in [5, 5.41) is 9.41. The van der Waals surface area contributed by atoms with Gasteiger partial charge >= 0.3 is 5.97 Å². The molecule has 2 heterocycles. The van der Waals surface area contributed by atoms with Crippen LogP contribution in [0.2, 0.25) is 0 Å². The quantitative estimate of drug-likeness (QED) is 0.803. The van der Waals surface area contributed by atoms with Gasteiger partial charge in [0.2, 0.25) is 0 Å². The highest BCUT2D eigenvalue weighted by atomic mass is 32.2. The summed E-state index contributed by atoms with van der Waals surface area (Å²) in [7, 11) is -2.32. The van der Waals surface area contributed by atoms with Crippen molar-refractivity contribution in [2.24, 2.45) is 5.92 Å². The topological polar surface area (TPSA) is 107 Å². The van der Waals surface area contributed by atoms with E-state index in [2.05, 4.69) is 9.97 Å². The van der Waals surface area contributed by atoms with Gasteiger partial charge in [0.15, 0.2) is 0 Å². The molecule has 0 bridgehead atoms. The Hall–Kier alpha value is -1.45. The molecule has 8 nitrogen and oxygen atoms in total. The van der Waals surface area contributed by atoms with Crippen molar-refractivity contribution >= 4 is 16.2 Å². The maximum atomic E-state index is 12.9. The summed E-state index contributed by atoms with van der Waals surface area (Å²) in [6.07, 6.45) is 3.59. The van der Waals surface area contributed by atoms with E-state index in [1.54, 1.807) is 0 Å². The fourth-order valence-electron chi connectivity index (χ4n) is 2.92. The molecule has 0 saturated heterocycles. The van der Waals surface area contributed by atoms with Gasteiger partial charge in [0.25, 0.3) is 10.2 Å². The maximum absolute atomic E-state index is 12.9. The van der Waals surface area contributed by atoms with Crippen molar-refractivity contribution in [1.29, 1.82) is 0 Å². The third-order valence-corrected chi connectivity index (χ3v) is 6.72. The number of hydrogen-bond acceptors (Lipinski definition) is 4. The number of aromatic amines is 1. The lowest BCUT2D eigenvalue weighted by Crippen LogP contribution is -2.54. The van der Waals surface area contributed by atoms with E-state index >= 15 is 0 Å². The van der Waals surface area contributed by atoms with Gasteiger partial charge in [-0.05, 0) is 25.7 Å². The number of carboxylic acids is 1. The maximum Gasteiger partial charge on any atom is 0.322 e. The fraction of sp³-hybridized carbons (Fsp3) is 0.692. The summed E-state index contributed by atoms with van der Waals surface area (Å²) < 4.78 is 28.1. The number of fused-ring (bicyclic) bond motifs is 1. The number of imidazole rings is 1. The van der Waals surface area contributed by atoms with Crippen LogP contribution in [-0.2, 0) is 28.0 Å². The summed E-state index contributed by atoms with van der Waals surface area (Å²) >= 11 is 0. The van der Waals surface area contributed by atoms with Crippen LogP contribution in [0.5, 0.6) is 0 Å². The second kappa shape index (κ2) is 5.32. The molecule has 2 N–H and O–H groups in total. The minimum Gasteiger partial charge on any atom is -0.480 e. The number of nitrogens with one attached hydrogen (secondary N) is 1. The number of carboxylic acid groups (broad SMARTS) is 1. The average Bonchev–Trinajstić information content (AvgIpc) is 3.22. The monoisotopic (exact) mass is 328 g/mol. The van der Waals surface area contributed by atoms with Crippen LogP contribution in [0.4, 0.5) is 0 Å². The SMILES string of the molecule is CC(C1CC1)N(C)S(=O)(=O)N1Cc2[nH]cnc2CC1C(=O)O. The predicted octanol–water partition coefficient (Wildman–Crippen LogP) is 0.196. The van der Waals surface area contributed by atoms with E-state index in [0.717, 1.165) is 17.1 Å². The molecule has 1 aromatic rings. The first-order valence-electron chi connectivity index (χ1n) is 7.31. The molecule has 22 heavy (non-hydrogen) atoms. The Bertz CT molecular complexity index is 682. The van der Waals surface area contributed by atoms with E-state index in [9.17, 15) is 18.3 Å². The van der Waals surface area contributed by atoms with Crippen LogP contribution in [-0.4, -0.2) is 57.2 Å². The van der Waals surface area contributed by atoms with Crippen LogP contribution >= 0.6 is 0 Å². The zero-order chi connectivity index (χ0) is 16.1. The lowest BCUT2D eigenvalue weighted by atomic mass is 10.1. The van der Waals surface area contributed by atoms with Gasteiger partial charge in [0.1, 0.15) is 6.04 Å². The molecule has 1 aliphatic heterocycles. The molecule has 2 aliphatic rings. The number of nitrogens with zero attached hydrogens (tertiary/aromatic N) is 3. The minimum absolute atomic E-state index is 0.0103. The highest BCUT2D eigenvalue weighted by molar-refractivity contribution is 7.86. The standard InChI is InChI=1S/C13H20N4O4S/c1-8(9-3-4-9)16(2)22(20,21)17-6-11-10(14-7-15-11)5-12(17)13(18)19/h7-9,12H,3-6H2,1-2H3,(H,14,15)(H,18,19). The van der Waals surface area contributed by atoms with Crippen molar-refractivity contribution in [3.8, 4) is 0 Å². The highest BCUT2D eigenvalue weighted by Crippen LogP contribution is 2.36. The molecule has 0 aromatic carbocycles. The van der Waals surface area contributed by atoms with Gasteiger partial charge in [-0.2, -0.15) is 17.0 Å². The van der Waals surface area contributed by atoms with Gasteiger partial charge in [-0.1, -0.05) is 0 Å². The van der Waals surface area contributed by atoms with Crippen LogP contribution in [0.15, 0.2) is 6.33 Å². The van der Waals surface area contributed by atoms with Gasteiger partial charge in [0, 0.05) is 19.5 Å². The van der Waals surface area contributed by atoms with Crippen LogP contribution in [0.25, 0.3) is 0 Å². The molecule has 0 radical (unpaired) electrons. The first-order valence-corrected chi connectivity index (χ1v) is 8.70. The van der Waals surface area contributed by atoms with Crippen LogP contribution in [0, 0.1) is 5.92 Å². The third kappa shape index (κ3) is 2.53. The molecule has 3 rings (SSSR count). The third-order valence-electron chi connectivity index (χ3n) is 4.68. The van der Waals surface area contributed by atoms with E-state index in [0.29, 0.717) is 17.3 Å². The highest BCUT2D eigenvalue weighted by Gasteiger charge is 2.44. The summed E-state index contributed by atoms with van der Waals surface area (Å²) in [5.41, 5.74) is 1.28. The van der Waals surface area contributed by atoms with E-state index in [1.807, 2.05) is 6.92 Å². The molecule has 2 unspecified atom stereocenters. The fourth-order valence-corrected chi connectivity index (χ4v) is 4.62. The lowest BCUT2D eigenvalue weighted by Gasteiger charge is -2.36. The Morgan fingerprint density at radius 2 is 2.23 bits per heavy atom. The van der Waals surface area contributed by atoms with Crippen LogP contribution < -0.4 is 0 Å². The molecular formula is C13H20N4O4S. The van der Waals surface area contributed by atoms with Crippen LogP contribution in [0.3, 0.4) is 0 Å². The van der Waals surface area contributed by atoms with E-state index in [-0.39, 0.29) is 19.0 Å². The van der Waals surface area contributed by atoms with Crippen molar-refractivity contribution in [3.63, 3.8) is 0 Å². The molecule has 0 amide bonds. The predicted molar refractivity (Wildman–Crippen MR) is 78.1 cm³/mol. The van der Waals surface area contributed by atoms with E-state index in [4.69, 9.17) is 0 Å². The largest absolute Gasteiger partial charge is 0.480 e. The van der Waals surface area contributed by atoms with Gasteiger partial charge in [-0.15, -0.1) is 0 Å². The molecule has 2 atom stereocenters. The number of aliphatic carboxylic acids is 1. The van der Waals surface area contributed by atoms with Crippen molar-refractivity contribution < 1.29 is 18.3 Å². The number of H-pyrrole nitrogens is 1. The van der Waals surface area contributed by atoms with Gasteiger partial charge in [0.05, 0.1) is 24.3 Å². The smallest absolute Gasteiger partial charge is 0.322 e. The first-order chi connectivity index (χ1) is 10.3. The Kier molecular flexibility index (Phi) is 3.74. The summed E-state index contributed by atoms with van der Waals surface area (Å²) in [6, 6.07) is -1.24. The van der Waals surface area contributed by atoms with Gasteiger partial charge in [-0.25, -0.2) is 4.98 Å². The van der Waals surface area contributed by atoms with Crippen LogP contribution in [0.1, 0.15) is 31.2 Å². The Morgan fingerprint density at radius 3 is 2.82 bits per heavy atom. The number of rotatable bonds is 5. The van der Waals surface area contributed by atoms with Crippen molar-refractivity contribution in [3.05, 3.63) is 17.7 Å². The van der Waals surface area contributed by atoms with Gasteiger partial charge in [-0.3, -0.25) is 4.79 Å². The zero-order valence-electron chi connectivity index (χ0n) is 12.6. The van der Waals surface area contributed by atoms with E-state index < -0.39 is 22.2 Å². The molecule has 0 spiro atoms. The Morgan fingerprint density at radius 1 is 1.55 bits per heavy atom. The van der Waals surface area contributed by atoms with Gasteiger partial charge < -0.3 is 10.1 Å². The molecule has 1 fully saturated rings. The molecule has 1 aromatic heterocycles. The normalized spacial score (nSPS) is 24.2. The van der Waals surface area contributed by atoms with Crippen molar-refractivity contribution in [2.75, 3.05) is 7.05 Å². The minimum atomic E-state index is -3.84. The summed E-state index contributed by atoms with van der Waals surface area (Å²) in [5.74, 6) is -0.778. The molecule has 1 aliphatic carbocycles. The second-order valence-electron chi connectivity index (χ2n) is 6.03. The summed E-state index contributed by atoms with van der Waals surface area (Å²) in [4.78, 5) is 18.5. The number of carbonyl (C=O) groups is 1. The second-order valence-corrected chi connectivity index (χ2v) is 7.97. The number of aromatic nitrogens is 2. The van der Waals surface area contributed by atoms with Crippen molar-refractivity contribution in [1.82, 2.24) is 18.6 Å². The van der Waals surface area contributed by atoms with Crippen molar-refractivity contribution in [2.45, 2.75) is 44.8 Å². The molecular weight excluding hydrogens is 308 g/mol. The molecule has 1 saturated carbocycles. The number of hydrogen-bond donors (Lipinski definition) is 2. The lowest BCUT2D eigenvalue weighted by molar-refractivity contribution is -0.142. The van der Waals surface area contributed by atoms with E-state index in [1.165, 1.54) is 17.7 Å². The zero-order valence-corrected chi connectivity index (χ0v) is 13.4. The summed E-state index contributed by atoms with van der Waals surface area (Å²) in [6.45, 7) is 1.88. The Balaban J connectivity index is 1.91.